The first kappa shape index (κ1) is 14.4. The van der Waals surface area contributed by atoms with Gasteiger partial charge in [-0.2, -0.15) is 0 Å². The molecule has 0 saturated heterocycles. The summed E-state index contributed by atoms with van der Waals surface area (Å²) in [5.41, 5.74) is 1.67. The molecule has 0 saturated carbocycles. The monoisotopic (exact) mass is 295 g/mol. The Morgan fingerprint density at radius 3 is 2.20 bits per heavy atom. The van der Waals surface area contributed by atoms with E-state index in [0.29, 0.717) is 17.0 Å². The Hall–Kier alpha value is -2.02. The lowest BCUT2D eigenvalue weighted by atomic mass is 10.2. The van der Waals surface area contributed by atoms with Gasteiger partial charge in [0.1, 0.15) is 5.82 Å². The molecule has 0 amide bonds. The van der Waals surface area contributed by atoms with Gasteiger partial charge in [0.05, 0.1) is 4.90 Å². The van der Waals surface area contributed by atoms with Gasteiger partial charge in [0.2, 0.25) is 5.95 Å². The second-order valence-corrected chi connectivity index (χ2v) is 6.17. The number of rotatable bonds is 3. The number of aromatic nitrogens is 2. The molecule has 2 aromatic rings. The van der Waals surface area contributed by atoms with Gasteiger partial charge in [0, 0.05) is 11.4 Å². The zero-order valence-corrected chi connectivity index (χ0v) is 12.1. The number of hydrogen-bond acceptors (Lipinski definition) is 4. The van der Waals surface area contributed by atoms with Gasteiger partial charge in [0.15, 0.2) is 0 Å². The van der Waals surface area contributed by atoms with Crippen LogP contribution in [0.1, 0.15) is 17.0 Å². The topological polar surface area (TPSA) is 72.0 Å². The fourth-order valence-electron chi connectivity index (χ4n) is 1.69. The van der Waals surface area contributed by atoms with Crippen LogP contribution in [0.4, 0.5) is 10.3 Å². The maximum Gasteiger partial charge on any atom is 0.264 e. The van der Waals surface area contributed by atoms with Crippen LogP contribution in [-0.2, 0) is 10.0 Å². The van der Waals surface area contributed by atoms with E-state index in [9.17, 15) is 12.8 Å². The number of benzene rings is 1. The van der Waals surface area contributed by atoms with Crippen LogP contribution in [0, 0.1) is 26.6 Å². The highest BCUT2D eigenvalue weighted by Gasteiger charge is 2.17. The molecule has 0 aliphatic rings. The number of nitrogens with zero attached hydrogens (tertiary/aromatic N) is 2. The number of anilines is 1. The summed E-state index contributed by atoms with van der Waals surface area (Å²) in [6, 6.07) is 5.44. The van der Waals surface area contributed by atoms with Gasteiger partial charge in [-0.3, -0.25) is 0 Å². The molecular formula is C13H14FN3O2S. The molecule has 5 nitrogen and oxygen atoms in total. The fourth-order valence-corrected chi connectivity index (χ4v) is 2.65. The van der Waals surface area contributed by atoms with Gasteiger partial charge < -0.3 is 0 Å². The van der Waals surface area contributed by atoms with Gasteiger partial charge >= 0.3 is 0 Å². The minimum atomic E-state index is -3.90. The summed E-state index contributed by atoms with van der Waals surface area (Å²) in [5.74, 6) is -0.599. The maximum atomic E-state index is 13.5. The lowest BCUT2D eigenvalue weighted by Crippen LogP contribution is -2.16. The number of hydrogen-bond donors (Lipinski definition) is 1. The predicted octanol–water partition coefficient (Wildman–Crippen LogP) is 2.34. The number of aryl methyl sites for hydroxylation is 3. The second kappa shape index (κ2) is 5.16. The van der Waals surface area contributed by atoms with Crippen molar-refractivity contribution in [3.63, 3.8) is 0 Å². The van der Waals surface area contributed by atoms with Crippen molar-refractivity contribution in [1.29, 1.82) is 0 Å². The van der Waals surface area contributed by atoms with Crippen LogP contribution in [0.25, 0.3) is 0 Å². The third-order valence-electron chi connectivity index (χ3n) is 2.66. The molecule has 0 aliphatic heterocycles. The average molecular weight is 295 g/mol. The van der Waals surface area contributed by atoms with E-state index < -0.39 is 15.8 Å². The van der Waals surface area contributed by atoms with Crippen LogP contribution in [0.5, 0.6) is 0 Å². The van der Waals surface area contributed by atoms with Crippen LogP contribution in [0.2, 0.25) is 0 Å². The molecule has 0 bridgehead atoms. The van der Waals surface area contributed by atoms with Gasteiger partial charge in [0.25, 0.3) is 10.0 Å². The molecular weight excluding hydrogens is 281 g/mol. The van der Waals surface area contributed by atoms with Crippen LogP contribution in [0.3, 0.4) is 0 Å². The molecule has 0 unspecified atom stereocenters. The molecule has 20 heavy (non-hydrogen) atoms. The van der Waals surface area contributed by atoms with Crippen molar-refractivity contribution in [3.05, 3.63) is 47.0 Å². The molecule has 0 aliphatic carbocycles. The van der Waals surface area contributed by atoms with Crippen molar-refractivity contribution in [2.75, 3.05) is 4.72 Å². The molecule has 1 aromatic heterocycles. The summed E-state index contributed by atoms with van der Waals surface area (Å²) in [6.07, 6.45) is 0. The van der Waals surface area contributed by atoms with E-state index in [2.05, 4.69) is 14.7 Å². The summed E-state index contributed by atoms with van der Waals surface area (Å²) >= 11 is 0. The van der Waals surface area contributed by atoms with E-state index in [1.54, 1.807) is 26.8 Å². The molecule has 0 radical (unpaired) electrons. The van der Waals surface area contributed by atoms with Crippen molar-refractivity contribution in [2.24, 2.45) is 0 Å². The summed E-state index contributed by atoms with van der Waals surface area (Å²) in [6.45, 7) is 5.03. The third kappa shape index (κ3) is 3.11. The summed E-state index contributed by atoms with van der Waals surface area (Å²) in [7, 11) is -3.90. The van der Waals surface area contributed by atoms with E-state index in [1.807, 2.05) is 0 Å². The smallest absolute Gasteiger partial charge is 0.247 e. The molecule has 1 N–H and O–H groups in total. The third-order valence-corrected chi connectivity index (χ3v) is 3.99. The second-order valence-electron chi connectivity index (χ2n) is 4.49. The van der Waals surface area contributed by atoms with Crippen molar-refractivity contribution in [1.82, 2.24) is 9.97 Å². The average Bonchev–Trinajstić information content (AvgIpc) is 2.30. The fraction of sp³-hybridized carbons (Fsp3) is 0.231. The van der Waals surface area contributed by atoms with Crippen molar-refractivity contribution < 1.29 is 12.8 Å². The van der Waals surface area contributed by atoms with Gasteiger partial charge in [-0.05, 0) is 44.5 Å². The van der Waals surface area contributed by atoms with Crippen LogP contribution >= 0.6 is 0 Å². The quantitative estimate of drug-likeness (QED) is 0.943. The molecule has 0 atom stereocenters. The highest BCUT2D eigenvalue weighted by Crippen LogP contribution is 2.17. The Labute approximate surface area is 116 Å². The SMILES string of the molecule is Cc1cc(C)nc(NS(=O)(=O)c2ccc(C)c(F)c2)n1. The van der Waals surface area contributed by atoms with E-state index >= 15 is 0 Å². The Balaban J connectivity index is 2.37. The molecule has 2 rings (SSSR count). The lowest BCUT2D eigenvalue weighted by Gasteiger charge is -2.08. The first-order valence-electron chi connectivity index (χ1n) is 5.89. The minimum Gasteiger partial charge on any atom is -0.247 e. The predicted molar refractivity (Wildman–Crippen MR) is 73.5 cm³/mol. The first-order chi connectivity index (χ1) is 9.28. The van der Waals surface area contributed by atoms with Crippen LogP contribution in [-0.4, -0.2) is 18.4 Å². The maximum absolute atomic E-state index is 13.5. The Bertz CT molecular complexity index is 740. The largest absolute Gasteiger partial charge is 0.264 e. The zero-order chi connectivity index (χ0) is 14.9. The van der Waals surface area contributed by atoms with Crippen molar-refractivity contribution >= 4 is 16.0 Å². The molecule has 106 valence electrons. The highest BCUT2D eigenvalue weighted by molar-refractivity contribution is 7.92. The highest BCUT2D eigenvalue weighted by atomic mass is 32.2. The summed E-state index contributed by atoms with van der Waals surface area (Å²) in [5, 5.41) is 0. The van der Waals surface area contributed by atoms with Crippen molar-refractivity contribution in [2.45, 2.75) is 25.7 Å². The van der Waals surface area contributed by atoms with Crippen molar-refractivity contribution in [3.8, 4) is 0 Å². The van der Waals surface area contributed by atoms with Gasteiger partial charge in [-0.15, -0.1) is 0 Å². The Morgan fingerprint density at radius 2 is 1.65 bits per heavy atom. The number of halogens is 1. The first-order valence-corrected chi connectivity index (χ1v) is 7.37. The van der Waals surface area contributed by atoms with Gasteiger partial charge in [-0.25, -0.2) is 27.5 Å². The Morgan fingerprint density at radius 1 is 1.05 bits per heavy atom. The van der Waals surface area contributed by atoms with E-state index in [1.165, 1.54) is 12.1 Å². The molecule has 7 heteroatoms. The summed E-state index contributed by atoms with van der Waals surface area (Å²) < 4.78 is 40.0. The van der Waals surface area contributed by atoms with E-state index in [4.69, 9.17) is 0 Å². The van der Waals surface area contributed by atoms with Gasteiger partial charge in [-0.1, -0.05) is 6.07 Å². The number of nitrogens with one attached hydrogen (secondary N) is 1. The standard InChI is InChI=1S/C13H14FN3O2S/c1-8-4-5-11(7-12(8)14)20(18,19)17-13-15-9(2)6-10(3)16-13/h4-7H,1-3H3,(H,15,16,17). The molecule has 0 fully saturated rings. The van der Waals surface area contributed by atoms with E-state index in [0.717, 1.165) is 6.07 Å². The Kier molecular flexibility index (Phi) is 3.71. The number of sulfonamides is 1. The molecule has 1 aromatic carbocycles. The zero-order valence-electron chi connectivity index (χ0n) is 11.3. The van der Waals surface area contributed by atoms with Crippen LogP contribution < -0.4 is 4.72 Å². The lowest BCUT2D eigenvalue weighted by molar-refractivity contribution is 0.593. The van der Waals surface area contributed by atoms with Crippen LogP contribution in [0.15, 0.2) is 29.2 Å². The normalized spacial score (nSPS) is 11.4. The molecule has 0 spiro atoms. The minimum absolute atomic E-state index is 0.0246. The molecule has 1 heterocycles. The summed E-state index contributed by atoms with van der Waals surface area (Å²) in [4.78, 5) is 7.82. The van der Waals surface area contributed by atoms with E-state index in [-0.39, 0.29) is 10.8 Å².